The fourth-order valence-electron chi connectivity index (χ4n) is 2.22. The summed E-state index contributed by atoms with van der Waals surface area (Å²) < 4.78 is 5.41. The number of aromatic nitrogens is 3. The Morgan fingerprint density at radius 3 is 2.64 bits per heavy atom. The Kier molecular flexibility index (Phi) is 4.65. The van der Waals surface area contributed by atoms with Gasteiger partial charge in [-0.25, -0.2) is 4.98 Å². The fraction of sp³-hybridized carbons (Fsp3) is 0.333. The summed E-state index contributed by atoms with van der Waals surface area (Å²) in [5.74, 6) is 0.807. The van der Waals surface area contributed by atoms with Crippen LogP contribution in [0.5, 0.6) is 0 Å². The second-order valence-corrected chi connectivity index (χ2v) is 6.73. The first-order chi connectivity index (χ1) is 11.9. The number of carbonyl (C=O) groups is 1. The van der Waals surface area contributed by atoms with Crippen molar-refractivity contribution >= 4 is 22.6 Å². The molecule has 0 unspecified atom stereocenters. The molecule has 2 heterocycles. The number of nitrogens with one attached hydrogen (secondary N) is 2. The minimum Gasteiger partial charge on any atom is -0.416 e. The largest absolute Gasteiger partial charge is 0.416 e. The molecular weight excluding hydrogens is 318 g/mol. The van der Waals surface area contributed by atoms with Gasteiger partial charge >= 0.3 is 11.8 Å². The number of rotatable bonds is 5. The third-order valence-corrected chi connectivity index (χ3v) is 3.58. The summed E-state index contributed by atoms with van der Waals surface area (Å²) in [7, 11) is 0. The SMILES string of the molecule is CC(C)(C)c1nnc(C(=O)NCCNc2ccc3ccccc3n2)o1. The van der Waals surface area contributed by atoms with Crippen LogP contribution in [0.25, 0.3) is 10.9 Å². The highest BCUT2D eigenvalue weighted by Crippen LogP contribution is 2.20. The van der Waals surface area contributed by atoms with E-state index in [9.17, 15) is 4.79 Å². The molecule has 1 aromatic carbocycles. The van der Waals surface area contributed by atoms with Crippen molar-refractivity contribution in [2.75, 3.05) is 18.4 Å². The summed E-state index contributed by atoms with van der Waals surface area (Å²) in [6, 6.07) is 11.8. The summed E-state index contributed by atoms with van der Waals surface area (Å²) in [5, 5.41) is 14.7. The molecule has 7 heteroatoms. The topological polar surface area (TPSA) is 92.9 Å². The molecular formula is C18H21N5O2. The lowest BCUT2D eigenvalue weighted by Gasteiger charge is -2.11. The molecule has 0 fully saturated rings. The molecule has 1 amide bonds. The predicted octanol–water partition coefficient (Wildman–Crippen LogP) is 2.76. The van der Waals surface area contributed by atoms with Crippen LogP contribution in [-0.2, 0) is 5.41 Å². The normalized spacial score (nSPS) is 11.5. The maximum atomic E-state index is 12.0. The highest BCUT2D eigenvalue weighted by atomic mass is 16.4. The van der Waals surface area contributed by atoms with Crippen molar-refractivity contribution in [1.82, 2.24) is 20.5 Å². The number of fused-ring (bicyclic) bond motifs is 1. The van der Waals surface area contributed by atoms with E-state index < -0.39 is 0 Å². The number of para-hydroxylation sites is 1. The smallest absolute Gasteiger partial charge is 0.308 e. The highest BCUT2D eigenvalue weighted by molar-refractivity contribution is 5.89. The minimum absolute atomic E-state index is 0.0197. The summed E-state index contributed by atoms with van der Waals surface area (Å²) in [6.45, 7) is 6.80. The zero-order valence-corrected chi connectivity index (χ0v) is 14.5. The van der Waals surface area contributed by atoms with E-state index in [0.29, 0.717) is 19.0 Å². The molecule has 7 nitrogen and oxygen atoms in total. The zero-order chi connectivity index (χ0) is 17.9. The number of hydrogen-bond donors (Lipinski definition) is 2. The van der Waals surface area contributed by atoms with Crippen LogP contribution in [0.1, 0.15) is 37.3 Å². The highest BCUT2D eigenvalue weighted by Gasteiger charge is 2.23. The molecule has 130 valence electrons. The molecule has 0 saturated heterocycles. The Hall–Kier alpha value is -2.96. The van der Waals surface area contributed by atoms with E-state index in [0.717, 1.165) is 16.7 Å². The fourth-order valence-corrected chi connectivity index (χ4v) is 2.22. The van der Waals surface area contributed by atoms with Gasteiger partial charge in [0.05, 0.1) is 5.52 Å². The van der Waals surface area contributed by atoms with Crippen LogP contribution in [0.4, 0.5) is 5.82 Å². The molecule has 0 atom stereocenters. The van der Waals surface area contributed by atoms with Gasteiger partial charge in [0.1, 0.15) is 5.82 Å². The van der Waals surface area contributed by atoms with Gasteiger partial charge < -0.3 is 15.1 Å². The molecule has 3 rings (SSSR count). The van der Waals surface area contributed by atoms with Crippen LogP contribution < -0.4 is 10.6 Å². The number of carbonyl (C=O) groups excluding carboxylic acids is 1. The van der Waals surface area contributed by atoms with E-state index in [1.165, 1.54) is 0 Å². The average molecular weight is 339 g/mol. The van der Waals surface area contributed by atoms with Crippen LogP contribution in [-0.4, -0.2) is 34.2 Å². The molecule has 0 aliphatic carbocycles. The third-order valence-electron chi connectivity index (χ3n) is 3.58. The zero-order valence-electron chi connectivity index (χ0n) is 14.5. The van der Waals surface area contributed by atoms with E-state index in [4.69, 9.17) is 4.42 Å². The Morgan fingerprint density at radius 1 is 1.08 bits per heavy atom. The van der Waals surface area contributed by atoms with Crippen molar-refractivity contribution < 1.29 is 9.21 Å². The van der Waals surface area contributed by atoms with Crippen molar-refractivity contribution in [2.24, 2.45) is 0 Å². The molecule has 0 spiro atoms. The quantitative estimate of drug-likeness (QED) is 0.694. The minimum atomic E-state index is -0.378. The molecule has 0 aliphatic rings. The molecule has 0 saturated carbocycles. The number of nitrogens with zero attached hydrogens (tertiary/aromatic N) is 3. The number of hydrogen-bond acceptors (Lipinski definition) is 6. The summed E-state index contributed by atoms with van der Waals surface area (Å²) >= 11 is 0. The summed E-state index contributed by atoms with van der Waals surface area (Å²) in [6.07, 6.45) is 0. The van der Waals surface area contributed by atoms with Gasteiger partial charge in [-0.1, -0.05) is 39.0 Å². The predicted molar refractivity (Wildman–Crippen MR) is 95.6 cm³/mol. The first kappa shape index (κ1) is 16.9. The standard InChI is InChI=1S/C18H21N5O2/c1-18(2,3)17-23-22-16(25-17)15(24)20-11-10-19-14-9-8-12-6-4-5-7-13(12)21-14/h4-9H,10-11H2,1-3H3,(H,19,21)(H,20,24). The maximum absolute atomic E-state index is 12.0. The van der Waals surface area contributed by atoms with Gasteiger partial charge in [-0.2, -0.15) is 0 Å². The van der Waals surface area contributed by atoms with Crippen LogP contribution in [0.15, 0.2) is 40.8 Å². The van der Waals surface area contributed by atoms with E-state index in [1.807, 2.05) is 57.2 Å². The lowest BCUT2D eigenvalue weighted by molar-refractivity contribution is 0.0917. The Bertz CT molecular complexity index is 882. The lowest BCUT2D eigenvalue weighted by atomic mass is 9.97. The summed E-state index contributed by atoms with van der Waals surface area (Å²) in [5.41, 5.74) is 0.645. The van der Waals surface area contributed by atoms with Crippen molar-refractivity contribution in [3.63, 3.8) is 0 Å². The number of benzene rings is 1. The van der Waals surface area contributed by atoms with Crippen LogP contribution >= 0.6 is 0 Å². The van der Waals surface area contributed by atoms with Crippen LogP contribution in [0, 0.1) is 0 Å². The molecule has 2 N–H and O–H groups in total. The third kappa shape index (κ3) is 4.12. The molecule has 25 heavy (non-hydrogen) atoms. The summed E-state index contributed by atoms with van der Waals surface area (Å²) in [4.78, 5) is 16.5. The number of anilines is 1. The van der Waals surface area contributed by atoms with Gasteiger partial charge in [-0.15, -0.1) is 10.2 Å². The van der Waals surface area contributed by atoms with Gasteiger partial charge in [-0.3, -0.25) is 4.79 Å². The van der Waals surface area contributed by atoms with Crippen molar-refractivity contribution in [2.45, 2.75) is 26.2 Å². The van der Waals surface area contributed by atoms with Crippen LogP contribution in [0.2, 0.25) is 0 Å². The molecule has 0 radical (unpaired) electrons. The van der Waals surface area contributed by atoms with E-state index in [-0.39, 0.29) is 17.2 Å². The number of amides is 1. The average Bonchev–Trinajstić information content (AvgIpc) is 3.09. The van der Waals surface area contributed by atoms with Gasteiger partial charge in [0, 0.05) is 23.9 Å². The Balaban J connectivity index is 1.50. The van der Waals surface area contributed by atoms with E-state index in [2.05, 4.69) is 25.8 Å². The Labute approximate surface area is 145 Å². The first-order valence-electron chi connectivity index (χ1n) is 8.15. The maximum Gasteiger partial charge on any atom is 0.308 e. The van der Waals surface area contributed by atoms with Gasteiger partial charge in [0.25, 0.3) is 0 Å². The monoisotopic (exact) mass is 339 g/mol. The van der Waals surface area contributed by atoms with Crippen molar-refractivity contribution in [1.29, 1.82) is 0 Å². The van der Waals surface area contributed by atoms with E-state index in [1.54, 1.807) is 0 Å². The van der Waals surface area contributed by atoms with Gasteiger partial charge in [0.2, 0.25) is 5.89 Å². The number of pyridine rings is 1. The van der Waals surface area contributed by atoms with Gasteiger partial charge in [-0.05, 0) is 18.2 Å². The Morgan fingerprint density at radius 2 is 1.88 bits per heavy atom. The second-order valence-electron chi connectivity index (χ2n) is 6.73. The van der Waals surface area contributed by atoms with Crippen molar-refractivity contribution in [3.05, 3.63) is 48.2 Å². The molecule has 3 aromatic rings. The molecule has 0 bridgehead atoms. The first-order valence-corrected chi connectivity index (χ1v) is 8.15. The lowest BCUT2D eigenvalue weighted by Crippen LogP contribution is -2.29. The van der Waals surface area contributed by atoms with Crippen LogP contribution in [0.3, 0.4) is 0 Å². The van der Waals surface area contributed by atoms with Crippen molar-refractivity contribution in [3.8, 4) is 0 Å². The second kappa shape index (κ2) is 6.88. The molecule has 2 aromatic heterocycles. The molecule has 0 aliphatic heterocycles. The van der Waals surface area contributed by atoms with E-state index >= 15 is 0 Å². The van der Waals surface area contributed by atoms with Gasteiger partial charge in [0.15, 0.2) is 0 Å².